The minimum atomic E-state index is -0.373. The van der Waals surface area contributed by atoms with E-state index in [4.69, 9.17) is 11.6 Å². The largest absolute Gasteiger partial charge is 0.392 e. The lowest BCUT2D eigenvalue weighted by Gasteiger charge is -2.11. The van der Waals surface area contributed by atoms with Crippen molar-refractivity contribution in [3.63, 3.8) is 0 Å². The van der Waals surface area contributed by atoms with E-state index >= 15 is 0 Å². The van der Waals surface area contributed by atoms with Crippen molar-refractivity contribution < 1.29 is 5.11 Å². The molecule has 1 nitrogen and oxygen atoms in total. The van der Waals surface area contributed by atoms with Gasteiger partial charge >= 0.3 is 0 Å². The Morgan fingerprint density at radius 3 is 2.47 bits per heavy atom. The molecule has 0 saturated carbocycles. The number of halogens is 2. The Morgan fingerprint density at radius 2 is 1.79 bits per heavy atom. The zero-order valence-corrected chi connectivity index (χ0v) is 13.4. The third kappa shape index (κ3) is 4.84. The van der Waals surface area contributed by atoms with Crippen LogP contribution in [0.3, 0.4) is 0 Å². The van der Waals surface area contributed by atoms with Gasteiger partial charge in [-0.3, -0.25) is 0 Å². The quantitative estimate of drug-likeness (QED) is 0.776. The highest BCUT2D eigenvalue weighted by atomic mass is 79.9. The first-order valence-electron chi connectivity index (χ1n) is 5.95. The number of hydrogen-bond acceptors (Lipinski definition) is 2. The molecule has 0 aliphatic heterocycles. The fourth-order valence-corrected chi connectivity index (χ4v) is 3.13. The van der Waals surface area contributed by atoms with Crippen molar-refractivity contribution in [2.45, 2.75) is 17.4 Å². The van der Waals surface area contributed by atoms with Crippen molar-refractivity contribution in [2.24, 2.45) is 0 Å². The second-order valence-corrected chi connectivity index (χ2v) is 6.61. The van der Waals surface area contributed by atoms with Crippen molar-refractivity contribution in [3.8, 4) is 0 Å². The van der Waals surface area contributed by atoms with E-state index in [1.807, 2.05) is 48.5 Å². The normalized spacial score (nSPS) is 12.4. The molecule has 0 heterocycles. The standard InChI is InChI=1S/C15H14BrClOS/c16-12-7-5-11(6-8-12)9-13(18)10-19-15-4-2-1-3-14(15)17/h1-8,13,18H,9-10H2. The van der Waals surface area contributed by atoms with Gasteiger partial charge in [-0.15, -0.1) is 11.8 Å². The second kappa shape index (κ2) is 7.34. The fourth-order valence-electron chi connectivity index (χ4n) is 1.70. The van der Waals surface area contributed by atoms with Gasteiger partial charge in [0.2, 0.25) is 0 Å². The molecule has 0 saturated heterocycles. The Hall–Kier alpha value is -0.480. The Morgan fingerprint density at radius 1 is 1.11 bits per heavy atom. The van der Waals surface area contributed by atoms with E-state index in [0.29, 0.717) is 12.2 Å². The number of benzene rings is 2. The summed E-state index contributed by atoms with van der Waals surface area (Å²) in [5, 5.41) is 10.8. The number of rotatable bonds is 5. The molecule has 0 aliphatic carbocycles. The van der Waals surface area contributed by atoms with Crippen LogP contribution in [0.25, 0.3) is 0 Å². The van der Waals surface area contributed by atoms with E-state index < -0.39 is 0 Å². The Bertz CT molecular complexity index is 530. The Labute approximate surface area is 131 Å². The van der Waals surface area contributed by atoms with Gasteiger partial charge in [0.25, 0.3) is 0 Å². The molecule has 100 valence electrons. The molecule has 1 atom stereocenters. The van der Waals surface area contributed by atoms with E-state index in [1.165, 1.54) is 0 Å². The van der Waals surface area contributed by atoms with Crippen molar-refractivity contribution >= 4 is 39.3 Å². The molecular formula is C15H14BrClOS. The third-order valence-corrected chi connectivity index (χ3v) is 4.84. The van der Waals surface area contributed by atoms with E-state index in [-0.39, 0.29) is 6.10 Å². The molecule has 0 fully saturated rings. The first-order chi connectivity index (χ1) is 9.15. The first kappa shape index (κ1) is 14.9. The van der Waals surface area contributed by atoms with Gasteiger partial charge in [0.15, 0.2) is 0 Å². The van der Waals surface area contributed by atoms with Crippen LogP contribution < -0.4 is 0 Å². The summed E-state index contributed by atoms with van der Waals surface area (Å²) in [4.78, 5) is 1.01. The first-order valence-corrected chi connectivity index (χ1v) is 8.10. The van der Waals surface area contributed by atoms with Gasteiger partial charge in [0, 0.05) is 15.1 Å². The maximum absolute atomic E-state index is 10.0. The van der Waals surface area contributed by atoms with E-state index in [1.54, 1.807) is 11.8 Å². The van der Waals surface area contributed by atoms with E-state index in [2.05, 4.69) is 15.9 Å². The smallest absolute Gasteiger partial charge is 0.0674 e. The van der Waals surface area contributed by atoms with E-state index in [0.717, 1.165) is 20.0 Å². The van der Waals surface area contributed by atoms with Gasteiger partial charge in [0.1, 0.15) is 0 Å². The molecule has 0 spiro atoms. The second-order valence-electron chi connectivity index (χ2n) is 4.23. The number of thioether (sulfide) groups is 1. The molecule has 2 aromatic carbocycles. The molecule has 2 rings (SSSR count). The molecule has 0 aromatic heterocycles. The highest BCUT2D eigenvalue weighted by Gasteiger charge is 2.08. The zero-order chi connectivity index (χ0) is 13.7. The van der Waals surface area contributed by atoms with E-state index in [9.17, 15) is 5.11 Å². The van der Waals surface area contributed by atoms with Crippen molar-refractivity contribution in [1.82, 2.24) is 0 Å². The average molecular weight is 358 g/mol. The Kier molecular flexibility index (Phi) is 5.76. The van der Waals surface area contributed by atoms with Gasteiger partial charge in [-0.1, -0.05) is 51.8 Å². The Balaban J connectivity index is 1.86. The van der Waals surface area contributed by atoms with Gasteiger partial charge in [-0.25, -0.2) is 0 Å². The predicted molar refractivity (Wildman–Crippen MR) is 86.0 cm³/mol. The third-order valence-electron chi connectivity index (χ3n) is 2.65. The van der Waals surface area contributed by atoms with Crippen LogP contribution in [-0.4, -0.2) is 17.0 Å². The maximum atomic E-state index is 10.0. The monoisotopic (exact) mass is 356 g/mol. The maximum Gasteiger partial charge on any atom is 0.0674 e. The minimum absolute atomic E-state index is 0.373. The SMILES string of the molecule is OC(CSc1ccccc1Cl)Cc1ccc(Br)cc1. The summed E-state index contributed by atoms with van der Waals surface area (Å²) in [6.07, 6.45) is 0.285. The van der Waals surface area contributed by atoms with Crippen LogP contribution in [0.1, 0.15) is 5.56 Å². The molecule has 19 heavy (non-hydrogen) atoms. The zero-order valence-electron chi connectivity index (χ0n) is 10.2. The molecule has 1 unspecified atom stereocenters. The number of hydrogen-bond donors (Lipinski definition) is 1. The van der Waals surface area contributed by atoms with Crippen LogP contribution >= 0.6 is 39.3 Å². The van der Waals surface area contributed by atoms with Crippen molar-refractivity contribution in [3.05, 3.63) is 63.6 Å². The molecule has 0 radical (unpaired) electrons. The summed E-state index contributed by atoms with van der Waals surface area (Å²) < 4.78 is 1.05. The summed E-state index contributed by atoms with van der Waals surface area (Å²) >= 11 is 11.1. The molecule has 2 aromatic rings. The summed E-state index contributed by atoms with van der Waals surface area (Å²) in [6.45, 7) is 0. The molecule has 0 bridgehead atoms. The van der Waals surface area contributed by atoms with Crippen LogP contribution in [0, 0.1) is 0 Å². The van der Waals surface area contributed by atoms with Crippen LogP contribution in [-0.2, 0) is 6.42 Å². The summed E-state index contributed by atoms with van der Waals surface area (Å²) in [6, 6.07) is 15.7. The van der Waals surface area contributed by atoms with Crippen LogP contribution in [0.4, 0.5) is 0 Å². The van der Waals surface area contributed by atoms with Crippen molar-refractivity contribution in [2.75, 3.05) is 5.75 Å². The van der Waals surface area contributed by atoms with Gasteiger partial charge in [0.05, 0.1) is 11.1 Å². The highest BCUT2D eigenvalue weighted by molar-refractivity contribution is 9.10. The highest BCUT2D eigenvalue weighted by Crippen LogP contribution is 2.27. The van der Waals surface area contributed by atoms with Crippen LogP contribution in [0.2, 0.25) is 5.02 Å². The topological polar surface area (TPSA) is 20.2 Å². The average Bonchev–Trinajstić information content (AvgIpc) is 2.40. The lowest BCUT2D eigenvalue weighted by atomic mass is 10.1. The molecule has 0 aliphatic rings. The van der Waals surface area contributed by atoms with Gasteiger partial charge < -0.3 is 5.11 Å². The summed E-state index contributed by atoms with van der Waals surface area (Å²) in [5.74, 6) is 0.639. The minimum Gasteiger partial charge on any atom is -0.392 e. The number of aliphatic hydroxyl groups is 1. The molecule has 0 amide bonds. The lowest BCUT2D eigenvalue weighted by molar-refractivity contribution is 0.200. The fraction of sp³-hybridized carbons (Fsp3) is 0.200. The van der Waals surface area contributed by atoms with Gasteiger partial charge in [-0.2, -0.15) is 0 Å². The molecule has 4 heteroatoms. The van der Waals surface area contributed by atoms with Gasteiger partial charge in [-0.05, 0) is 36.2 Å². The predicted octanol–water partition coefficient (Wildman–Crippen LogP) is 4.80. The summed E-state index contributed by atoms with van der Waals surface area (Å²) in [7, 11) is 0. The van der Waals surface area contributed by atoms with Crippen LogP contribution in [0.5, 0.6) is 0 Å². The lowest BCUT2D eigenvalue weighted by Crippen LogP contribution is -2.13. The summed E-state index contributed by atoms with van der Waals surface area (Å²) in [5.41, 5.74) is 1.13. The number of aliphatic hydroxyl groups excluding tert-OH is 1. The van der Waals surface area contributed by atoms with Crippen LogP contribution in [0.15, 0.2) is 57.9 Å². The van der Waals surface area contributed by atoms with Crippen molar-refractivity contribution in [1.29, 1.82) is 0 Å². The molecular weight excluding hydrogens is 344 g/mol. The molecule has 1 N–H and O–H groups in total.